The fourth-order valence-corrected chi connectivity index (χ4v) is 2.01. The zero-order chi connectivity index (χ0) is 15.9. The van der Waals surface area contributed by atoms with Crippen molar-refractivity contribution in [3.8, 4) is 17.1 Å². The fourth-order valence-electron chi connectivity index (χ4n) is 2.01. The first-order valence-corrected chi connectivity index (χ1v) is 6.85. The Balaban J connectivity index is 2.50. The minimum Gasteiger partial charge on any atom is -0.490 e. The lowest BCUT2D eigenvalue weighted by atomic mass is 10.0. The van der Waals surface area contributed by atoms with E-state index < -0.39 is 5.97 Å². The largest absolute Gasteiger partial charge is 0.490 e. The number of hydrogen-bond donors (Lipinski definition) is 1. The van der Waals surface area contributed by atoms with Crippen LogP contribution in [-0.2, 0) is 4.74 Å². The highest BCUT2D eigenvalue weighted by atomic mass is 16.5. The Labute approximate surface area is 128 Å². The minimum absolute atomic E-state index is 0.102. The summed E-state index contributed by atoms with van der Waals surface area (Å²) < 4.78 is 10.6. The molecule has 0 saturated carbocycles. The first-order valence-electron chi connectivity index (χ1n) is 6.85. The highest BCUT2D eigenvalue weighted by molar-refractivity contribution is 5.93. The highest BCUT2D eigenvalue weighted by Gasteiger charge is 2.19. The summed E-state index contributed by atoms with van der Waals surface area (Å²) in [5.41, 5.74) is 1.65. The molecule has 0 amide bonds. The van der Waals surface area contributed by atoms with Crippen LogP contribution in [0.3, 0.4) is 0 Å². The van der Waals surface area contributed by atoms with Gasteiger partial charge < -0.3 is 14.6 Å². The molecule has 0 aliphatic rings. The molecule has 1 aromatic heterocycles. The van der Waals surface area contributed by atoms with Crippen molar-refractivity contribution >= 4 is 5.97 Å². The van der Waals surface area contributed by atoms with Crippen LogP contribution >= 0.6 is 0 Å². The second-order valence-corrected chi connectivity index (χ2v) is 4.37. The second-order valence-electron chi connectivity index (χ2n) is 4.37. The summed E-state index contributed by atoms with van der Waals surface area (Å²) in [5.74, 6) is 0.461. The number of aliphatic hydroxyl groups excluding tert-OH is 1. The molecule has 0 aliphatic heterocycles. The van der Waals surface area contributed by atoms with Gasteiger partial charge >= 0.3 is 5.97 Å². The van der Waals surface area contributed by atoms with Gasteiger partial charge in [-0.25, -0.2) is 19.7 Å². The third-order valence-electron chi connectivity index (χ3n) is 2.97. The number of aliphatic hydroxyl groups is 1. The molecular formula is C15H17N3O4. The van der Waals surface area contributed by atoms with Gasteiger partial charge in [0.1, 0.15) is 25.0 Å². The molecule has 0 radical (unpaired) electrons. The number of aromatic nitrogens is 3. The number of benzene rings is 1. The van der Waals surface area contributed by atoms with E-state index in [9.17, 15) is 4.79 Å². The molecule has 1 heterocycles. The number of hydrogen-bond acceptors (Lipinski definition) is 7. The Morgan fingerprint density at radius 3 is 2.64 bits per heavy atom. The van der Waals surface area contributed by atoms with Crippen molar-refractivity contribution in [1.82, 2.24) is 15.0 Å². The third-order valence-corrected chi connectivity index (χ3v) is 2.97. The molecule has 2 aromatic rings. The predicted octanol–water partition coefficient (Wildman–Crippen LogP) is 1.39. The van der Waals surface area contributed by atoms with Gasteiger partial charge in [-0.05, 0) is 26.0 Å². The average molecular weight is 303 g/mol. The number of carbonyl (C=O) groups is 1. The van der Waals surface area contributed by atoms with Crippen molar-refractivity contribution in [2.45, 2.75) is 13.8 Å². The van der Waals surface area contributed by atoms with Crippen LogP contribution in [0.2, 0.25) is 0 Å². The molecule has 7 heteroatoms. The summed E-state index contributed by atoms with van der Waals surface area (Å²) in [4.78, 5) is 23.9. The molecule has 0 spiro atoms. The van der Waals surface area contributed by atoms with Crippen molar-refractivity contribution < 1.29 is 19.4 Å². The quantitative estimate of drug-likeness (QED) is 0.806. The summed E-state index contributed by atoms with van der Waals surface area (Å²) in [5, 5.41) is 8.98. The normalized spacial score (nSPS) is 10.3. The van der Waals surface area contributed by atoms with Gasteiger partial charge in [-0.1, -0.05) is 0 Å². The Morgan fingerprint density at radius 2 is 2.00 bits per heavy atom. The number of rotatable bonds is 6. The molecule has 0 unspecified atom stereocenters. The summed E-state index contributed by atoms with van der Waals surface area (Å²) in [6, 6.07) is 3.35. The molecule has 2 rings (SSSR count). The van der Waals surface area contributed by atoms with E-state index >= 15 is 0 Å². The molecule has 0 atom stereocenters. The van der Waals surface area contributed by atoms with Crippen molar-refractivity contribution in [1.29, 1.82) is 0 Å². The first-order chi connectivity index (χ1) is 10.7. The van der Waals surface area contributed by atoms with E-state index in [1.165, 1.54) is 12.7 Å². The second kappa shape index (κ2) is 7.46. The van der Waals surface area contributed by atoms with Gasteiger partial charge in [-0.2, -0.15) is 0 Å². The average Bonchev–Trinajstić information content (AvgIpc) is 2.54. The molecule has 7 nitrogen and oxygen atoms in total. The van der Waals surface area contributed by atoms with Crippen molar-refractivity contribution in [3.05, 3.63) is 35.9 Å². The Bertz CT molecular complexity index is 647. The third kappa shape index (κ3) is 3.37. The standard InChI is InChI=1S/C15H17N3O4/c1-3-21-15(20)11-4-5-12(14-17-8-16-9-18-14)13(10(11)2)22-7-6-19/h4-5,8-9,19H,3,6-7H2,1-2H3. The van der Waals surface area contributed by atoms with E-state index in [-0.39, 0.29) is 13.2 Å². The molecular weight excluding hydrogens is 286 g/mol. The van der Waals surface area contributed by atoms with Crippen LogP contribution in [0.15, 0.2) is 24.8 Å². The van der Waals surface area contributed by atoms with Gasteiger partial charge in [0.05, 0.1) is 24.3 Å². The lowest BCUT2D eigenvalue weighted by Crippen LogP contribution is -2.10. The van der Waals surface area contributed by atoms with Gasteiger partial charge in [0.2, 0.25) is 0 Å². The van der Waals surface area contributed by atoms with Crippen LogP contribution in [0.25, 0.3) is 11.4 Å². The van der Waals surface area contributed by atoms with Crippen LogP contribution in [0.4, 0.5) is 0 Å². The zero-order valence-corrected chi connectivity index (χ0v) is 12.4. The van der Waals surface area contributed by atoms with Crippen molar-refractivity contribution in [3.63, 3.8) is 0 Å². The SMILES string of the molecule is CCOC(=O)c1ccc(-c2ncncn2)c(OCCO)c1C. The number of esters is 1. The molecule has 0 saturated heterocycles. The van der Waals surface area contributed by atoms with Crippen LogP contribution in [0.5, 0.6) is 5.75 Å². The number of nitrogens with zero attached hydrogens (tertiary/aromatic N) is 3. The van der Waals surface area contributed by atoms with Gasteiger partial charge in [-0.15, -0.1) is 0 Å². The van der Waals surface area contributed by atoms with Gasteiger partial charge in [-0.3, -0.25) is 0 Å². The van der Waals surface area contributed by atoms with E-state index in [1.54, 1.807) is 26.0 Å². The maximum Gasteiger partial charge on any atom is 0.338 e. The molecule has 116 valence electrons. The van der Waals surface area contributed by atoms with E-state index in [1.807, 2.05) is 0 Å². The number of carbonyl (C=O) groups excluding carboxylic acids is 1. The lowest BCUT2D eigenvalue weighted by Gasteiger charge is -2.15. The summed E-state index contributed by atoms with van der Waals surface area (Å²) in [7, 11) is 0. The van der Waals surface area contributed by atoms with Crippen molar-refractivity contribution in [2.75, 3.05) is 19.8 Å². The monoisotopic (exact) mass is 303 g/mol. The Kier molecular flexibility index (Phi) is 5.37. The zero-order valence-electron chi connectivity index (χ0n) is 12.4. The van der Waals surface area contributed by atoms with Crippen LogP contribution < -0.4 is 4.74 Å². The molecule has 0 bridgehead atoms. The van der Waals surface area contributed by atoms with Gasteiger partial charge in [0, 0.05) is 5.56 Å². The lowest BCUT2D eigenvalue weighted by molar-refractivity contribution is 0.0525. The van der Waals surface area contributed by atoms with Crippen LogP contribution in [0.1, 0.15) is 22.8 Å². The summed E-state index contributed by atoms with van der Waals surface area (Å²) in [6.07, 6.45) is 2.76. The molecule has 22 heavy (non-hydrogen) atoms. The topological polar surface area (TPSA) is 94.4 Å². The van der Waals surface area contributed by atoms with Crippen LogP contribution in [0, 0.1) is 6.92 Å². The maximum absolute atomic E-state index is 12.0. The van der Waals surface area contributed by atoms with E-state index in [0.717, 1.165) is 0 Å². The first kappa shape index (κ1) is 15.8. The predicted molar refractivity (Wildman–Crippen MR) is 78.5 cm³/mol. The Morgan fingerprint density at radius 1 is 1.27 bits per heavy atom. The molecule has 1 aromatic carbocycles. The van der Waals surface area contributed by atoms with Crippen molar-refractivity contribution in [2.24, 2.45) is 0 Å². The van der Waals surface area contributed by atoms with E-state index in [0.29, 0.717) is 34.9 Å². The smallest absolute Gasteiger partial charge is 0.338 e. The Hall–Kier alpha value is -2.54. The summed E-state index contributed by atoms with van der Waals surface area (Å²) >= 11 is 0. The van der Waals surface area contributed by atoms with E-state index in [2.05, 4.69) is 15.0 Å². The molecule has 1 N–H and O–H groups in total. The van der Waals surface area contributed by atoms with Gasteiger partial charge in [0.25, 0.3) is 0 Å². The fraction of sp³-hybridized carbons (Fsp3) is 0.333. The highest BCUT2D eigenvalue weighted by Crippen LogP contribution is 2.33. The minimum atomic E-state index is -0.420. The number of ether oxygens (including phenoxy) is 2. The maximum atomic E-state index is 12.0. The summed E-state index contributed by atoms with van der Waals surface area (Å²) in [6.45, 7) is 3.75. The van der Waals surface area contributed by atoms with Gasteiger partial charge in [0.15, 0.2) is 5.82 Å². The molecule has 0 aliphatic carbocycles. The van der Waals surface area contributed by atoms with E-state index in [4.69, 9.17) is 14.6 Å². The van der Waals surface area contributed by atoms with Crippen LogP contribution in [-0.4, -0.2) is 45.8 Å². The molecule has 0 fully saturated rings.